The first-order chi connectivity index (χ1) is 16.7. The second-order valence-corrected chi connectivity index (χ2v) is 9.28. The first kappa shape index (κ1) is 24.5. The van der Waals surface area contributed by atoms with E-state index in [1.54, 1.807) is 19.9 Å². The van der Waals surface area contributed by atoms with E-state index < -0.39 is 0 Å². The Labute approximate surface area is 209 Å². The quantitative estimate of drug-likeness (QED) is 0.347. The minimum Gasteiger partial charge on any atom is -0.471 e. The molecule has 0 spiro atoms. The van der Waals surface area contributed by atoms with Crippen LogP contribution in [0.5, 0.6) is 5.88 Å². The van der Waals surface area contributed by atoms with Crippen molar-refractivity contribution in [2.45, 2.75) is 54.1 Å². The fourth-order valence-corrected chi connectivity index (χ4v) is 3.99. The molecule has 0 atom stereocenters. The number of ether oxygens (including phenoxy) is 1. The summed E-state index contributed by atoms with van der Waals surface area (Å²) in [4.78, 5) is 31.6. The molecule has 0 bridgehead atoms. The summed E-state index contributed by atoms with van der Waals surface area (Å²) >= 11 is 6.57. The van der Waals surface area contributed by atoms with Crippen molar-refractivity contribution in [2.24, 2.45) is 0 Å². The molecule has 0 saturated heterocycles. The molecule has 0 N–H and O–H groups in total. The number of nitrogens with zero attached hydrogens (tertiary/aromatic N) is 5. The molecule has 4 rings (SSSR count). The van der Waals surface area contributed by atoms with Crippen LogP contribution in [0.15, 0.2) is 47.4 Å². The van der Waals surface area contributed by atoms with Crippen molar-refractivity contribution < 1.29 is 4.74 Å². The average molecular weight is 490 g/mol. The topological polar surface area (TPSA) is 82.8 Å². The minimum atomic E-state index is -0.244. The zero-order valence-corrected chi connectivity index (χ0v) is 21.5. The zero-order valence-electron chi connectivity index (χ0n) is 20.8. The van der Waals surface area contributed by atoms with Crippen molar-refractivity contribution in [1.82, 2.24) is 24.5 Å². The van der Waals surface area contributed by atoms with Gasteiger partial charge in [0, 0.05) is 23.4 Å². The van der Waals surface area contributed by atoms with E-state index in [9.17, 15) is 4.79 Å². The van der Waals surface area contributed by atoms with Crippen molar-refractivity contribution in [2.75, 3.05) is 0 Å². The lowest BCUT2D eigenvalue weighted by atomic mass is 10.1. The second-order valence-electron chi connectivity index (χ2n) is 8.87. The number of aromatic nitrogens is 5. The van der Waals surface area contributed by atoms with Crippen LogP contribution in [0.25, 0.3) is 16.9 Å². The van der Waals surface area contributed by atoms with Crippen molar-refractivity contribution >= 4 is 11.6 Å². The summed E-state index contributed by atoms with van der Waals surface area (Å²) in [6.45, 7) is 11.7. The van der Waals surface area contributed by atoms with Crippen molar-refractivity contribution in [1.29, 1.82) is 0 Å². The predicted octanol–water partition coefficient (Wildman–Crippen LogP) is 5.67. The molecule has 0 saturated carbocycles. The van der Waals surface area contributed by atoms with Gasteiger partial charge in [-0.1, -0.05) is 37.6 Å². The number of hydrogen-bond donors (Lipinski definition) is 0. The molecule has 0 radical (unpaired) electrons. The highest BCUT2D eigenvalue weighted by molar-refractivity contribution is 6.32. The van der Waals surface area contributed by atoms with Crippen molar-refractivity contribution in [3.05, 3.63) is 92.1 Å². The van der Waals surface area contributed by atoms with Gasteiger partial charge in [0.15, 0.2) is 0 Å². The summed E-state index contributed by atoms with van der Waals surface area (Å²) in [5, 5.41) is 0.438. The lowest BCUT2D eigenvalue weighted by Crippen LogP contribution is -2.25. The fraction of sp³-hybridized carbons (Fsp3) is 0.296. The average Bonchev–Trinajstić information content (AvgIpc) is 2.82. The largest absolute Gasteiger partial charge is 0.471 e. The van der Waals surface area contributed by atoms with Gasteiger partial charge in [0.2, 0.25) is 5.88 Å². The molecule has 0 aliphatic heterocycles. The fourth-order valence-electron chi connectivity index (χ4n) is 3.79. The van der Waals surface area contributed by atoms with Gasteiger partial charge in [0.25, 0.3) is 5.56 Å². The molecule has 0 fully saturated rings. The maximum absolute atomic E-state index is 13.4. The Hall–Kier alpha value is -3.58. The first-order valence-electron chi connectivity index (χ1n) is 11.4. The Morgan fingerprint density at radius 2 is 1.80 bits per heavy atom. The van der Waals surface area contributed by atoms with E-state index in [1.165, 1.54) is 4.57 Å². The smallest absolute Gasteiger partial charge is 0.264 e. The highest BCUT2D eigenvalue weighted by atomic mass is 35.5. The molecule has 3 heterocycles. The number of halogens is 1. The predicted molar refractivity (Wildman–Crippen MR) is 137 cm³/mol. The van der Waals surface area contributed by atoms with E-state index in [4.69, 9.17) is 21.3 Å². The Balaban J connectivity index is 1.75. The highest BCUT2D eigenvalue weighted by Crippen LogP contribution is 2.29. The molecule has 8 heteroatoms. The van der Waals surface area contributed by atoms with Crippen LogP contribution in [0.1, 0.15) is 53.9 Å². The van der Waals surface area contributed by atoms with E-state index in [1.807, 2.05) is 50.4 Å². The second kappa shape index (κ2) is 9.96. The third-order valence-corrected chi connectivity index (χ3v) is 6.02. The van der Waals surface area contributed by atoms with Crippen LogP contribution in [0.2, 0.25) is 5.02 Å². The summed E-state index contributed by atoms with van der Waals surface area (Å²) in [5.74, 6) is 1.71. The van der Waals surface area contributed by atoms with Crippen LogP contribution in [-0.4, -0.2) is 24.5 Å². The van der Waals surface area contributed by atoms with Crippen LogP contribution in [0.4, 0.5) is 0 Å². The molecule has 3 aromatic heterocycles. The van der Waals surface area contributed by atoms with Gasteiger partial charge >= 0.3 is 0 Å². The summed E-state index contributed by atoms with van der Waals surface area (Å²) in [6.07, 6.45) is 1.82. The molecular weight excluding hydrogens is 462 g/mol. The SMILES string of the molecule is Cc1cccc(COc2nc(C)n(-c3cc(-c4nc(C(C)C)ncc4C)ccc3Cl)c(=O)c2C)n1. The Morgan fingerprint density at radius 3 is 2.51 bits per heavy atom. The molecule has 35 heavy (non-hydrogen) atoms. The minimum absolute atomic E-state index is 0.195. The first-order valence-corrected chi connectivity index (χ1v) is 11.8. The van der Waals surface area contributed by atoms with Gasteiger partial charge in [-0.3, -0.25) is 14.3 Å². The number of rotatable bonds is 6. The standard InChI is InChI=1S/C27H28ClN5O2/c1-15(2)25-29-13-16(3)24(32-25)20-10-11-22(28)23(12-20)33-19(6)31-26(18(5)27(33)34)35-14-21-9-7-8-17(4)30-21/h7-13,15H,14H2,1-6H3. The highest BCUT2D eigenvalue weighted by Gasteiger charge is 2.18. The number of benzene rings is 1. The molecule has 4 aromatic rings. The molecule has 0 unspecified atom stereocenters. The molecule has 1 aromatic carbocycles. The number of pyridine rings is 1. The van der Waals surface area contributed by atoms with Crippen LogP contribution in [-0.2, 0) is 6.61 Å². The van der Waals surface area contributed by atoms with Gasteiger partial charge in [0.1, 0.15) is 18.3 Å². The molecule has 180 valence electrons. The van der Waals surface area contributed by atoms with Gasteiger partial charge in [-0.15, -0.1) is 0 Å². The number of hydrogen-bond acceptors (Lipinski definition) is 6. The van der Waals surface area contributed by atoms with E-state index in [0.29, 0.717) is 22.1 Å². The number of aryl methyl sites for hydroxylation is 3. The van der Waals surface area contributed by atoms with E-state index in [2.05, 4.69) is 28.8 Å². The summed E-state index contributed by atoms with van der Waals surface area (Å²) in [6, 6.07) is 11.3. The van der Waals surface area contributed by atoms with Crippen LogP contribution in [0.3, 0.4) is 0 Å². The molecule has 0 aliphatic rings. The van der Waals surface area contributed by atoms with E-state index in [-0.39, 0.29) is 24.0 Å². The zero-order chi connectivity index (χ0) is 25.3. The Morgan fingerprint density at radius 1 is 1.03 bits per heavy atom. The van der Waals surface area contributed by atoms with E-state index >= 15 is 0 Å². The Bertz CT molecular complexity index is 1460. The maximum Gasteiger partial charge on any atom is 0.264 e. The monoisotopic (exact) mass is 489 g/mol. The summed E-state index contributed by atoms with van der Waals surface area (Å²) in [7, 11) is 0. The lowest BCUT2D eigenvalue weighted by Gasteiger charge is -2.16. The van der Waals surface area contributed by atoms with Gasteiger partial charge in [0.05, 0.1) is 27.7 Å². The van der Waals surface area contributed by atoms with Crippen molar-refractivity contribution in [3.63, 3.8) is 0 Å². The summed E-state index contributed by atoms with van der Waals surface area (Å²) < 4.78 is 7.38. The third-order valence-electron chi connectivity index (χ3n) is 5.70. The van der Waals surface area contributed by atoms with Crippen LogP contribution >= 0.6 is 11.6 Å². The molecule has 0 aliphatic carbocycles. The normalized spacial score (nSPS) is 11.2. The molecular formula is C27H28ClN5O2. The van der Waals surface area contributed by atoms with E-state index in [0.717, 1.165) is 34.0 Å². The third kappa shape index (κ3) is 5.10. The van der Waals surface area contributed by atoms with Gasteiger partial charge in [-0.25, -0.2) is 9.97 Å². The lowest BCUT2D eigenvalue weighted by molar-refractivity contribution is 0.284. The van der Waals surface area contributed by atoms with Gasteiger partial charge in [-0.05, 0) is 57.5 Å². The van der Waals surface area contributed by atoms with Crippen LogP contribution < -0.4 is 10.3 Å². The van der Waals surface area contributed by atoms with Gasteiger partial charge in [-0.2, -0.15) is 4.98 Å². The molecule has 0 amide bonds. The Kier molecular flexibility index (Phi) is 6.98. The summed E-state index contributed by atoms with van der Waals surface area (Å²) in [5.41, 5.74) is 4.95. The molecule has 7 nitrogen and oxygen atoms in total. The maximum atomic E-state index is 13.4. The van der Waals surface area contributed by atoms with Crippen LogP contribution in [0, 0.1) is 27.7 Å². The van der Waals surface area contributed by atoms with Crippen molar-refractivity contribution in [3.8, 4) is 22.8 Å². The van der Waals surface area contributed by atoms with Gasteiger partial charge < -0.3 is 4.74 Å².